The van der Waals surface area contributed by atoms with E-state index in [9.17, 15) is 0 Å². The van der Waals surface area contributed by atoms with Crippen molar-refractivity contribution < 1.29 is 0 Å². The summed E-state index contributed by atoms with van der Waals surface area (Å²) in [4.78, 5) is 0. The van der Waals surface area contributed by atoms with E-state index in [0.29, 0.717) is 6.04 Å². The van der Waals surface area contributed by atoms with Crippen molar-refractivity contribution >= 4 is 0 Å². The second kappa shape index (κ2) is 8.63. The standard InChI is InChI=1S/C18H27N3/c1-3-5-6-10-13-17(19-4-2)18-14-15-20-21(18)16-11-8-7-9-12-16/h7-9,11-12,14-15,17,19H,3-6,10,13H2,1-2H3. The van der Waals surface area contributed by atoms with Crippen LogP contribution in [0.3, 0.4) is 0 Å². The zero-order valence-electron chi connectivity index (χ0n) is 13.3. The fourth-order valence-corrected chi connectivity index (χ4v) is 2.74. The Labute approximate surface area is 128 Å². The van der Waals surface area contributed by atoms with Crippen LogP contribution < -0.4 is 5.32 Å². The van der Waals surface area contributed by atoms with Gasteiger partial charge in [-0.15, -0.1) is 0 Å². The Kier molecular flexibility index (Phi) is 6.48. The van der Waals surface area contributed by atoms with E-state index < -0.39 is 0 Å². The molecule has 1 atom stereocenters. The molecule has 0 radical (unpaired) electrons. The van der Waals surface area contributed by atoms with Gasteiger partial charge < -0.3 is 5.32 Å². The van der Waals surface area contributed by atoms with Crippen LogP contribution in [-0.4, -0.2) is 16.3 Å². The lowest BCUT2D eigenvalue weighted by molar-refractivity contribution is 0.463. The van der Waals surface area contributed by atoms with E-state index in [1.807, 2.05) is 12.3 Å². The number of nitrogens with one attached hydrogen (secondary N) is 1. The van der Waals surface area contributed by atoms with Crippen molar-refractivity contribution in [2.24, 2.45) is 0 Å². The Hall–Kier alpha value is -1.61. The molecule has 0 saturated carbocycles. The molecule has 0 saturated heterocycles. The third-order valence-corrected chi connectivity index (χ3v) is 3.83. The quantitative estimate of drug-likeness (QED) is 0.688. The first-order chi connectivity index (χ1) is 10.4. The molecule has 0 spiro atoms. The minimum Gasteiger partial charge on any atom is -0.309 e. The summed E-state index contributed by atoms with van der Waals surface area (Å²) in [6, 6.07) is 12.9. The molecule has 0 aliphatic heterocycles. The number of para-hydroxylation sites is 1. The third kappa shape index (κ3) is 4.43. The molecule has 0 bridgehead atoms. The van der Waals surface area contributed by atoms with Gasteiger partial charge >= 0.3 is 0 Å². The maximum absolute atomic E-state index is 4.51. The number of benzene rings is 1. The largest absolute Gasteiger partial charge is 0.309 e. The summed E-state index contributed by atoms with van der Waals surface area (Å²) in [5, 5.41) is 8.12. The second-order valence-electron chi connectivity index (χ2n) is 5.46. The highest BCUT2D eigenvalue weighted by molar-refractivity contribution is 5.33. The van der Waals surface area contributed by atoms with E-state index in [2.05, 4.69) is 59.3 Å². The van der Waals surface area contributed by atoms with Crippen LogP contribution in [0, 0.1) is 0 Å². The van der Waals surface area contributed by atoms with E-state index in [1.54, 1.807) is 0 Å². The Morgan fingerprint density at radius 2 is 1.86 bits per heavy atom. The maximum Gasteiger partial charge on any atom is 0.0649 e. The molecule has 1 heterocycles. The van der Waals surface area contributed by atoms with Crippen LogP contribution in [0.4, 0.5) is 0 Å². The van der Waals surface area contributed by atoms with E-state index in [-0.39, 0.29) is 0 Å². The van der Waals surface area contributed by atoms with E-state index >= 15 is 0 Å². The lowest BCUT2D eigenvalue weighted by Crippen LogP contribution is -2.23. The molecule has 0 aliphatic rings. The molecule has 0 aliphatic carbocycles. The Morgan fingerprint density at radius 3 is 2.57 bits per heavy atom. The molecule has 1 N–H and O–H groups in total. The van der Waals surface area contributed by atoms with Crippen LogP contribution in [0.5, 0.6) is 0 Å². The molecule has 0 amide bonds. The van der Waals surface area contributed by atoms with Gasteiger partial charge in [0.15, 0.2) is 0 Å². The van der Waals surface area contributed by atoms with Gasteiger partial charge in [-0.3, -0.25) is 0 Å². The Morgan fingerprint density at radius 1 is 1.05 bits per heavy atom. The van der Waals surface area contributed by atoms with Gasteiger partial charge in [0.1, 0.15) is 0 Å². The van der Waals surface area contributed by atoms with Crippen molar-refractivity contribution in [3.8, 4) is 5.69 Å². The van der Waals surface area contributed by atoms with Crippen molar-refractivity contribution in [1.82, 2.24) is 15.1 Å². The van der Waals surface area contributed by atoms with Crippen molar-refractivity contribution in [2.75, 3.05) is 6.54 Å². The topological polar surface area (TPSA) is 29.9 Å². The van der Waals surface area contributed by atoms with Gasteiger partial charge in [0, 0.05) is 12.2 Å². The molecule has 3 nitrogen and oxygen atoms in total. The number of hydrogen-bond donors (Lipinski definition) is 1. The molecule has 3 heteroatoms. The fourth-order valence-electron chi connectivity index (χ4n) is 2.74. The minimum absolute atomic E-state index is 0.384. The van der Waals surface area contributed by atoms with Gasteiger partial charge in [0.25, 0.3) is 0 Å². The molecule has 1 unspecified atom stereocenters. The summed E-state index contributed by atoms with van der Waals surface area (Å²) < 4.78 is 2.06. The number of rotatable bonds is 9. The minimum atomic E-state index is 0.384. The van der Waals surface area contributed by atoms with Gasteiger partial charge in [0.2, 0.25) is 0 Å². The summed E-state index contributed by atoms with van der Waals surface area (Å²) in [5.74, 6) is 0. The van der Waals surface area contributed by atoms with E-state index in [0.717, 1.165) is 12.2 Å². The summed E-state index contributed by atoms with van der Waals surface area (Å²) in [7, 11) is 0. The zero-order chi connectivity index (χ0) is 14.9. The fraction of sp³-hybridized carbons (Fsp3) is 0.500. The molecular weight excluding hydrogens is 258 g/mol. The lowest BCUT2D eigenvalue weighted by atomic mass is 10.0. The normalized spacial score (nSPS) is 12.5. The average molecular weight is 285 g/mol. The van der Waals surface area contributed by atoms with Crippen molar-refractivity contribution in [3.63, 3.8) is 0 Å². The number of aromatic nitrogens is 2. The summed E-state index contributed by atoms with van der Waals surface area (Å²) in [6.45, 7) is 5.41. The first-order valence-electron chi connectivity index (χ1n) is 8.19. The SMILES string of the molecule is CCCCCCC(NCC)c1ccnn1-c1ccccc1. The number of hydrogen-bond acceptors (Lipinski definition) is 2. The molecule has 0 fully saturated rings. The smallest absolute Gasteiger partial charge is 0.0649 e. The predicted molar refractivity (Wildman–Crippen MR) is 88.7 cm³/mol. The molecule has 1 aromatic carbocycles. The van der Waals surface area contributed by atoms with Crippen molar-refractivity contribution in [3.05, 3.63) is 48.3 Å². The molecule has 114 valence electrons. The van der Waals surface area contributed by atoms with Crippen LogP contribution >= 0.6 is 0 Å². The van der Waals surface area contributed by atoms with Gasteiger partial charge in [-0.2, -0.15) is 5.10 Å². The van der Waals surface area contributed by atoms with Crippen LogP contribution in [0.1, 0.15) is 57.7 Å². The Balaban J connectivity index is 2.11. The maximum atomic E-state index is 4.51. The van der Waals surface area contributed by atoms with Crippen molar-refractivity contribution in [2.45, 2.75) is 52.0 Å². The van der Waals surface area contributed by atoms with Gasteiger partial charge in [-0.05, 0) is 31.2 Å². The van der Waals surface area contributed by atoms with E-state index in [1.165, 1.54) is 37.8 Å². The van der Waals surface area contributed by atoms with Crippen LogP contribution in [0.25, 0.3) is 5.69 Å². The second-order valence-corrected chi connectivity index (χ2v) is 5.46. The predicted octanol–water partition coefficient (Wildman–Crippen LogP) is 4.49. The monoisotopic (exact) mass is 285 g/mol. The summed E-state index contributed by atoms with van der Waals surface area (Å²) >= 11 is 0. The highest BCUT2D eigenvalue weighted by Crippen LogP contribution is 2.22. The van der Waals surface area contributed by atoms with Crippen LogP contribution in [0.15, 0.2) is 42.6 Å². The molecule has 21 heavy (non-hydrogen) atoms. The Bertz CT molecular complexity index is 504. The number of nitrogens with zero attached hydrogens (tertiary/aromatic N) is 2. The van der Waals surface area contributed by atoms with Crippen LogP contribution in [0.2, 0.25) is 0 Å². The number of unbranched alkanes of at least 4 members (excludes halogenated alkanes) is 3. The van der Waals surface area contributed by atoms with Gasteiger partial charge in [-0.25, -0.2) is 4.68 Å². The highest BCUT2D eigenvalue weighted by Gasteiger charge is 2.15. The molecular formula is C18H27N3. The van der Waals surface area contributed by atoms with Crippen LogP contribution in [-0.2, 0) is 0 Å². The molecule has 1 aromatic heterocycles. The summed E-state index contributed by atoms with van der Waals surface area (Å²) in [6.07, 6.45) is 8.28. The third-order valence-electron chi connectivity index (χ3n) is 3.83. The van der Waals surface area contributed by atoms with E-state index in [4.69, 9.17) is 0 Å². The molecule has 2 aromatic rings. The van der Waals surface area contributed by atoms with Crippen molar-refractivity contribution in [1.29, 1.82) is 0 Å². The highest BCUT2D eigenvalue weighted by atomic mass is 15.3. The lowest BCUT2D eigenvalue weighted by Gasteiger charge is -2.19. The van der Waals surface area contributed by atoms with Gasteiger partial charge in [-0.1, -0.05) is 57.7 Å². The molecule has 2 rings (SSSR count). The first kappa shape index (κ1) is 15.8. The zero-order valence-corrected chi connectivity index (χ0v) is 13.3. The summed E-state index contributed by atoms with van der Waals surface area (Å²) in [5.41, 5.74) is 2.40. The van der Waals surface area contributed by atoms with Gasteiger partial charge in [0.05, 0.1) is 11.4 Å². The average Bonchev–Trinajstić information content (AvgIpc) is 3.01. The first-order valence-corrected chi connectivity index (χ1v) is 8.19.